The van der Waals surface area contributed by atoms with Gasteiger partial charge in [-0.3, -0.25) is 4.90 Å². The van der Waals surface area contributed by atoms with Crippen molar-refractivity contribution in [2.24, 2.45) is 0 Å². The van der Waals surface area contributed by atoms with Crippen LogP contribution in [0.3, 0.4) is 0 Å². The molecule has 48 heavy (non-hydrogen) atoms. The molecule has 2 amide bonds. The molecule has 11 nitrogen and oxygen atoms in total. The van der Waals surface area contributed by atoms with Crippen LogP contribution in [0.15, 0.2) is 79.1 Å². The normalized spacial score (nSPS) is 21.5. The van der Waals surface area contributed by atoms with E-state index in [1.165, 1.54) is 29.3 Å². The Kier molecular flexibility index (Phi) is 8.88. The summed E-state index contributed by atoms with van der Waals surface area (Å²) in [4.78, 5) is 22.6. The number of piperazine rings is 1. The van der Waals surface area contributed by atoms with Crippen LogP contribution in [0.25, 0.3) is 0 Å². The summed E-state index contributed by atoms with van der Waals surface area (Å²) < 4.78 is 46.7. The van der Waals surface area contributed by atoms with Crippen molar-refractivity contribution in [3.8, 4) is 5.75 Å². The number of rotatable bonds is 10. The highest BCUT2D eigenvalue weighted by Gasteiger charge is 2.46. The molecular weight excluding hydrogens is 620 g/mol. The highest BCUT2D eigenvalue weighted by Crippen LogP contribution is 2.37. The van der Waals surface area contributed by atoms with Gasteiger partial charge in [0.2, 0.25) is 0 Å². The molecule has 0 radical (unpaired) electrons. The van der Waals surface area contributed by atoms with Crippen LogP contribution in [0.5, 0.6) is 5.75 Å². The summed E-state index contributed by atoms with van der Waals surface area (Å²) in [7, 11) is 0. The maximum absolute atomic E-state index is 14.9. The van der Waals surface area contributed by atoms with Crippen molar-refractivity contribution >= 4 is 23.1 Å². The first-order valence-corrected chi connectivity index (χ1v) is 16.3. The second-order valence-corrected chi connectivity index (χ2v) is 12.6. The summed E-state index contributed by atoms with van der Waals surface area (Å²) >= 11 is 0. The number of halogens is 2. The number of anilines is 3. The molecule has 4 aromatic rings. The Morgan fingerprint density at radius 3 is 2.08 bits per heavy atom. The van der Waals surface area contributed by atoms with E-state index in [9.17, 15) is 13.6 Å². The lowest BCUT2D eigenvalue weighted by molar-refractivity contribution is -0.117. The minimum Gasteiger partial charge on any atom is -0.488 e. The Labute approximate surface area is 278 Å². The van der Waals surface area contributed by atoms with Gasteiger partial charge in [-0.15, -0.1) is 0 Å². The van der Waals surface area contributed by atoms with Gasteiger partial charge >= 0.3 is 6.03 Å². The number of aromatic nitrogens is 3. The van der Waals surface area contributed by atoms with Crippen molar-refractivity contribution in [3.05, 3.63) is 96.3 Å². The van der Waals surface area contributed by atoms with Crippen LogP contribution in [-0.4, -0.2) is 90.7 Å². The fourth-order valence-electron chi connectivity index (χ4n) is 6.61. The fourth-order valence-corrected chi connectivity index (χ4v) is 6.61. The number of hydrogen-bond donors (Lipinski definition) is 0. The van der Waals surface area contributed by atoms with Gasteiger partial charge in [-0.05, 0) is 68.4 Å². The molecule has 3 aromatic carbocycles. The highest BCUT2D eigenvalue weighted by molar-refractivity contribution is 5.94. The summed E-state index contributed by atoms with van der Waals surface area (Å²) in [5, 5.41) is 8.26. The Morgan fingerprint density at radius 2 is 1.48 bits per heavy atom. The van der Waals surface area contributed by atoms with Gasteiger partial charge < -0.3 is 28.9 Å². The molecule has 4 heterocycles. The minimum atomic E-state index is -1.25. The molecule has 0 aliphatic carbocycles. The Hall–Kier alpha value is -4.75. The fraction of sp³-hybridized carbons (Fsp3) is 0.400. The van der Waals surface area contributed by atoms with Crippen molar-refractivity contribution in [2.45, 2.75) is 38.3 Å². The molecule has 3 aliphatic heterocycles. The zero-order valence-corrected chi connectivity index (χ0v) is 27.0. The smallest absolute Gasteiger partial charge is 0.324 e. The van der Waals surface area contributed by atoms with Crippen LogP contribution in [0.2, 0.25) is 0 Å². The Morgan fingerprint density at radius 1 is 0.854 bits per heavy atom. The van der Waals surface area contributed by atoms with Gasteiger partial charge in [-0.25, -0.2) is 13.6 Å². The predicted molar refractivity (Wildman–Crippen MR) is 176 cm³/mol. The molecular formula is C35H39F2N7O4. The number of ether oxygens (including phenoxy) is 3. The van der Waals surface area contributed by atoms with E-state index in [1.54, 1.807) is 0 Å². The van der Waals surface area contributed by atoms with Crippen molar-refractivity contribution in [1.82, 2.24) is 19.9 Å². The average molecular weight is 660 g/mol. The lowest BCUT2D eigenvalue weighted by Gasteiger charge is -2.37. The maximum atomic E-state index is 14.9. The van der Waals surface area contributed by atoms with Gasteiger partial charge in [0.05, 0.1) is 25.5 Å². The van der Waals surface area contributed by atoms with E-state index >= 15 is 0 Å². The third-order valence-corrected chi connectivity index (χ3v) is 9.20. The molecule has 3 saturated heterocycles. The van der Waals surface area contributed by atoms with Gasteiger partial charge in [0, 0.05) is 74.0 Å². The zero-order chi connectivity index (χ0) is 33.3. The van der Waals surface area contributed by atoms with Gasteiger partial charge in [0.25, 0.3) is 0 Å². The number of amides is 2. The maximum Gasteiger partial charge on any atom is 0.324 e. The highest BCUT2D eigenvalue weighted by atomic mass is 19.1. The lowest BCUT2D eigenvalue weighted by Crippen LogP contribution is -2.46. The summed E-state index contributed by atoms with van der Waals surface area (Å²) in [6.45, 7) is 9.24. The largest absolute Gasteiger partial charge is 0.488 e. The van der Waals surface area contributed by atoms with E-state index in [1.807, 2.05) is 60.0 Å². The number of nitrogens with zero attached hydrogens (tertiary/aromatic N) is 7. The van der Waals surface area contributed by atoms with Crippen molar-refractivity contribution in [1.29, 1.82) is 0 Å². The molecule has 0 spiro atoms. The van der Waals surface area contributed by atoms with E-state index in [0.29, 0.717) is 12.3 Å². The molecule has 0 unspecified atom stereocenters. The summed E-state index contributed by atoms with van der Waals surface area (Å²) in [5.74, 6) is -0.749. The standard InChI is InChI=1S/C35H39F2N7O4/c1-25(2)42-19-20-43(34(42)45)29-6-4-27(5-7-29)40-15-17-41(18-16-40)28-8-10-30(11-9-28)46-22-33-47-24-35(48-33,23-44-38-13-14-39-44)31-12-3-26(36)21-32(31)37/h3-14,21,25,33H,15-20,22-24H2,1-2H3/t33-,35+/m1/s1. The topological polar surface area (TPSA) is 88.4 Å². The molecule has 0 saturated carbocycles. The van der Waals surface area contributed by atoms with E-state index in [-0.39, 0.29) is 37.4 Å². The molecule has 1 aromatic heterocycles. The van der Waals surface area contributed by atoms with Gasteiger partial charge in [0.1, 0.15) is 29.6 Å². The molecule has 3 aliphatic rings. The van der Waals surface area contributed by atoms with Crippen LogP contribution < -0.4 is 19.4 Å². The second-order valence-electron chi connectivity index (χ2n) is 12.6. The number of carbonyl (C=O) groups is 1. The Bertz CT molecular complexity index is 1700. The number of benzene rings is 3. The van der Waals surface area contributed by atoms with Gasteiger partial charge in [0.15, 0.2) is 6.29 Å². The van der Waals surface area contributed by atoms with Crippen LogP contribution in [0, 0.1) is 11.6 Å². The first-order valence-electron chi connectivity index (χ1n) is 16.3. The number of carbonyl (C=O) groups excluding carboxylic acids is 1. The predicted octanol–water partition coefficient (Wildman–Crippen LogP) is 4.88. The van der Waals surface area contributed by atoms with E-state index in [4.69, 9.17) is 14.2 Å². The van der Waals surface area contributed by atoms with Crippen molar-refractivity contribution in [2.75, 3.05) is 67.2 Å². The summed E-state index contributed by atoms with van der Waals surface area (Å²) in [6.07, 6.45) is 2.26. The SMILES string of the molecule is CC(C)N1CCN(c2ccc(N3CCN(c4ccc(OC[C@@H]5OC[C@@](Cn6nccn6)(c6ccc(F)cc6F)O5)cc4)CC3)cc2)C1=O. The molecule has 0 bridgehead atoms. The third-order valence-electron chi connectivity index (χ3n) is 9.20. The van der Waals surface area contributed by atoms with Crippen molar-refractivity contribution < 1.29 is 27.8 Å². The average Bonchev–Trinajstić information content (AvgIpc) is 3.85. The zero-order valence-electron chi connectivity index (χ0n) is 27.0. The van der Waals surface area contributed by atoms with Crippen LogP contribution in [0.4, 0.5) is 30.6 Å². The van der Waals surface area contributed by atoms with Gasteiger partial charge in [-0.2, -0.15) is 15.0 Å². The number of urea groups is 1. The summed E-state index contributed by atoms with van der Waals surface area (Å²) in [6, 6.07) is 19.9. The van der Waals surface area contributed by atoms with Crippen LogP contribution >= 0.6 is 0 Å². The van der Waals surface area contributed by atoms with E-state index < -0.39 is 23.5 Å². The molecule has 0 N–H and O–H groups in total. The van der Waals surface area contributed by atoms with Crippen LogP contribution in [0.1, 0.15) is 19.4 Å². The minimum absolute atomic E-state index is 0.0232. The number of hydrogen-bond acceptors (Lipinski definition) is 8. The van der Waals surface area contributed by atoms with E-state index in [0.717, 1.165) is 55.9 Å². The quantitative estimate of drug-likeness (QED) is 0.238. The second kappa shape index (κ2) is 13.4. The molecule has 252 valence electrons. The molecule has 2 atom stereocenters. The first kappa shape index (κ1) is 31.8. The Balaban J connectivity index is 0.914. The molecule has 7 rings (SSSR count). The van der Waals surface area contributed by atoms with E-state index in [2.05, 4.69) is 32.1 Å². The van der Waals surface area contributed by atoms with Gasteiger partial charge in [-0.1, -0.05) is 6.07 Å². The molecule has 3 fully saturated rings. The molecule has 13 heteroatoms. The summed E-state index contributed by atoms with van der Waals surface area (Å²) in [5.41, 5.74) is 2.11. The van der Waals surface area contributed by atoms with Crippen molar-refractivity contribution in [3.63, 3.8) is 0 Å². The monoisotopic (exact) mass is 659 g/mol. The lowest BCUT2D eigenvalue weighted by atomic mass is 9.94. The van der Waals surface area contributed by atoms with Crippen LogP contribution in [-0.2, 0) is 21.6 Å². The third kappa shape index (κ3) is 6.52. The first-order chi connectivity index (χ1) is 23.3.